The molecule has 0 aromatic heterocycles. The van der Waals surface area contributed by atoms with Gasteiger partial charge in [-0.3, -0.25) is 4.90 Å². The Balaban J connectivity index is 1.94. The van der Waals surface area contributed by atoms with E-state index in [1.54, 1.807) is 0 Å². The minimum Gasteiger partial charge on any atom is -0.374 e. The lowest BCUT2D eigenvalue weighted by atomic mass is 9.95. The van der Waals surface area contributed by atoms with Crippen LogP contribution in [0.2, 0.25) is 0 Å². The molecule has 1 aliphatic heterocycles. The number of morpholine rings is 1. The average Bonchev–Trinajstić information content (AvgIpc) is 2.44. The summed E-state index contributed by atoms with van der Waals surface area (Å²) in [5, 5.41) is 3.66. The maximum Gasteiger partial charge on any atom is 0.0826 e. The molecule has 0 bridgehead atoms. The van der Waals surface area contributed by atoms with E-state index in [0.717, 1.165) is 32.8 Å². The van der Waals surface area contributed by atoms with Crippen molar-refractivity contribution in [3.8, 4) is 0 Å². The highest BCUT2D eigenvalue weighted by Gasteiger charge is 2.20. The molecule has 0 aliphatic carbocycles. The lowest BCUT2D eigenvalue weighted by molar-refractivity contribution is -0.0262. The van der Waals surface area contributed by atoms with Gasteiger partial charge in [0.05, 0.1) is 12.7 Å². The molecule has 0 saturated carbocycles. The molecule has 1 fully saturated rings. The lowest BCUT2D eigenvalue weighted by Crippen LogP contribution is -2.46. The van der Waals surface area contributed by atoms with E-state index in [2.05, 4.69) is 57.0 Å². The second-order valence-corrected chi connectivity index (χ2v) is 6.33. The van der Waals surface area contributed by atoms with Gasteiger partial charge in [0, 0.05) is 25.7 Å². The van der Waals surface area contributed by atoms with Crippen molar-refractivity contribution < 1.29 is 4.74 Å². The molecule has 21 heavy (non-hydrogen) atoms. The van der Waals surface area contributed by atoms with Crippen LogP contribution in [-0.4, -0.2) is 43.8 Å². The summed E-state index contributed by atoms with van der Waals surface area (Å²) in [6.07, 6.45) is 0.312. The number of rotatable bonds is 5. The van der Waals surface area contributed by atoms with Crippen LogP contribution in [-0.2, 0) is 4.74 Å². The highest BCUT2D eigenvalue weighted by Crippen LogP contribution is 2.23. The van der Waals surface area contributed by atoms with E-state index in [4.69, 9.17) is 4.74 Å². The normalized spacial score (nSPS) is 21.5. The third-order valence-electron chi connectivity index (χ3n) is 4.49. The van der Waals surface area contributed by atoms with E-state index in [0.29, 0.717) is 12.1 Å². The average molecular weight is 290 g/mol. The quantitative estimate of drug-likeness (QED) is 0.902. The minimum absolute atomic E-state index is 0.312. The van der Waals surface area contributed by atoms with Gasteiger partial charge in [0.25, 0.3) is 0 Å². The highest BCUT2D eigenvalue weighted by molar-refractivity contribution is 5.39. The predicted octanol–water partition coefficient (Wildman–Crippen LogP) is 2.98. The van der Waals surface area contributed by atoms with E-state index < -0.39 is 0 Å². The fraction of sp³-hybridized carbons (Fsp3) is 0.667. The Morgan fingerprint density at radius 1 is 1.29 bits per heavy atom. The summed E-state index contributed by atoms with van der Waals surface area (Å²) >= 11 is 0. The number of hydrogen-bond donors (Lipinski definition) is 1. The van der Waals surface area contributed by atoms with Crippen LogP contribution in [0.3, 0.4) is 0 Å². The van der Waals surface area contributed by atoms with Gasteiger partial charge in [0.15, 0.2) is 0 Å². The molecule has 3 nitrogen and oxygen atoms in total. The van der Waals surface area contributed by atoms with Crippen LogP contribution in [0.15, 0.2) is 12.1 Å². The van der Waals surface area contributed by atoms with Gasteiger partial charge >= 0.3 is 0 Å². The molecule has 0 amide bonds. The summed E-state index contributed by atoms with van der Waals surface area (Å²) in [6.45, 7) is 16.1. The molecule has 1 aliphatic rings. The molecule has 1 N–H and O–H groups in total. The zero-order valence-corrected chi connectivity index (χ0v) is 14.2. The van der Waals surface area contributed by atoms with Crippen LogP contribution < -0.4 is 5.32 Å². The van der Waals surface area contributed by atoms with Crippen molar-refractivity contribution in [2.75, 3.05) is 32.8 Å². The van der Waals surface area contributed by atoms with Gasteiger partial charge in [0.2, 0.25) is 0 Å². The van der Waals surface area contributed by atoms with Gasteiger partial charge in [0.1, 0.15) is 0 Å². The Hall–Kier alpha value is -0.900. The first kappa shape index (κ1) is 16.5. The number of ether oxygens (including phenoxy) is 1. The van der Waals surface area contributed by atoms with Crippen LogP contribution >= 0.6 is 0 Å². The van der Waals surface area contributed by atoms with Crippen LogP contribution in [0.5, 0.6) is 0 Å². The van der Waals surface area contributed by atoms with Gasteiger partial charge in [-0.2, -0.15) is 0 Å². The van der Waals surface area contributed by atoms with Gasteiger partial charge in [-0.05, 0) is 50.9 Å². The number of nitrogens with zero attached hydrogens (tertiary/aromatic N) is 1. The van der Waals surface area contributed by atoms with Crippen LogP contribution in [0.25, 0.3) is 0 Å². The van der Waals surface area contributed by atoms with Gasteiger partial charge in [-0.25, -0.2) is 0 Å². The smallest absolute Gasteiger partial charge is 0.0826 e. The van der Waals surface area contributed by atoms with E-state index in [9.17, 15) is 0 Å². The number of nitrogens with one attached hydrogen (secondary N) is 1. The third kappa shape index (κ3) is 4.29. The fourth-order valence-electron chi connectivity index (χ4n) is 3.48. The first-order valence-electron chi connectivity index (χ1n) is 8.16. The van der Waals surface area contributed by atoms with Crippen molar-refractivity contribution >= 4 is 0 Å². The topological polar surface area (TPSA) is 24.5 Å². The second-order valence-electron chi connectivity index (χ2n) is 6.33. The molecule has 2 rings (SSSR count). The molecule has 3 heteroatoms. The number of benzene rings is 1. The van der Waals surface area contributed by atoms with Gasteiger partial charge < -0.3 is 10.1 Å². The van der Waals surface area contributed by atoms with Crippen molar-refractivity contribution in [2.24, 2.45) is 0 Å². The summed E-state index contributed by atoms with van der Waals surface area (Å²) in [6, 6.07) is 4.92. The Labute approximate surface area is 129 Å². The summed E-state index contributed by atoms with van der Waals surface area (Å²) in [5.41, 5.74) is 5.54. The van der Waals surface area contributed by atoms with Crippen LogP contribution in [0, 0.1) is 20.8 Å². The van der Waals surface area contributed by atoms with E-state index in [-0.39, 0.29) is 0 Å². The van der Waals surface area contributed by atoms with Crippen molar-refractivity contribution in [1.29, 1.82) is 0 Å². The molecule has 1 saturated heterocycles. The number of hydrogen-bond acceptors (Lipinski definition) is 3. The Bertz CT molecular complexity index is 449. The van der Waals surface area contributed by atoms with Crippen LogP contribution in [0.4, 0.5) is 0 Å². The summed E-state index contributed by atoms with van der Waals surface area (Å²) in [5.74, 6) is 0. The molecule has 0 spiro atoms. The molecule has 0 radical (unpaired) electrons. The van der Waals surface area contributed by atoms with Crippen molar-refractivity contribution in [3.63, 3.8) is 0 Å². The molecule has 2 unspecified atom stereocenters. The summed E-state index contributed by atoms with van der Waals surface area (Å²) in [4.78, 5) is 2.46. The fourth-order valence-corrected chi connectivity index (χ4v) is 3.48. The maximum absolute atomic E-state index is 5.87. The summed E-state index contributed by atoms with van der Waals surface area (Å²) < 4.78 is 5.87. The minimum atomic E-state index is 0.312. The van der Waals surface area contributed by atoms with Gasteiger partial charge in [-0.1, -0.05) is 24.6 Å². The summed E-state index contributed by atoms with van der Waals surface area (Å²) in [7, 11) is 0. The van der Waals surface area contributed by atoms with Crippen molar-refractivity contribution in [1.82, 2.24) is 10.2 Å². The highest BCUT2D eigenvalue weighted by atomic mass is 16.5. The van der Waals surface area contributed by atoms with Crippen molar-refractivity contribution in [3.05, 3.63) is 34.4 Å². The predicted molar refractivity (Wildman–Crippen MR) is 88.9 cm³/mol. The maximum atomic E-state index is 5.87. The largest absolute Gasteiger partial charge is 0.374 e. The number of aryl methyl sites for hydroxylation is 3. The molecular formula is C18H30N2O. The Morgan fingerprint density at radius 3 is 2.57 bits per heavy atom. The lowest BCUT2D eigenvalue weighted by Gasteiger charge is -2.33. The monoisotopic (exact) mass is 290 g/mol. The molecule has 1 aromatic carbocycles. The standard InChI is InChI=1S/C18H30N2O/c1-6-20-7-8-21-17(12-20)11-19-16(5)18-14(3)9-13(2)10-15(18)4/h9-10,16-17,19H,6-8,11-12H2,1-5H3. The van der Waals surface area contributed by atoms with Crippen LogP contribution in [0.1, 0.15) is 42.1 Å². The van der Waals surface area contributed by atoms with Crippen molar-refractivity contribution in [2.45, 2.75) is 46.8 Å². The van der Waals surface area contributed by atoms with E-state index >= 15 is 0 Å². The Morgan fingerprint density at radius 2 is 1.95 bits per heavy atom. The zero-order chi connectivity index (χ0) is 15.4. The third-order valence-corrected chi connectivity index (χ3v) is 4.49. The molecule has 118 valence electrons. The first-order chi connectivity index (χ1) is 10.0. The SMILES string of the molecule is CCN1CCOC(CNC(C)c2c(C)cc(C)cc2C)C1. The zero-order valence-electron chi connectivity index (χ0n) is 14.2. The Kier molecular flexibility index (Phi) is 5.80. The van der Waals surface area contributed by atoms with E-state index in [1.807, 2.05) is 0 Å². The first-order valence-corrected chi connectivity index (χ1v) is 8.16. The molecule has 2 atom stereocenters. The van der Waals surface area contributed by atoms with E-state index in [1.165, 1.54) is 22.3 Å². The molecule has 1 aromatic rings. The van der Waals surface area contributed by atoms with Gasteiger partial charge in [-0.15, -0.1) is 0 Å². The number of likely N-dealkylation sites (N-methyl/N-ethyl adjacent to an activating group) is 1. The second kappa shape index (κ2) is 7.39. The molecular weight excluding hydrogens is 260 g/mol. The molecule has 1 heterocycles.